The van der Waals surface area contributed by atoms with Crippen LogP contribution >= 0.6 is 0 Å². The van der Waals surface area contributed by atoms with Crippen LogP contribution in [0.5, 0.6) is 0 Å². The van der Waals surface area contributed by atoms with E-state index in [1.54, 1.807) is 12.4 Å². The first-order chi connectivity index (χ1) is 6.81. The molecule has 1 aromatic rings. The van der Waals surface area contributed by atoms with E-state index in [1.165, 1.54) is 0 Å². The minimum Gasteiger partial charge on any atom is -0.390 e. The number of nitrogens with zero attached hydrogens (tertiary/aromatic N) is 3. The quantitative estimate of drug-likeness (QED) is 0.708. The van der Waals surface area contributed by atoms with Gasteiger partial charge in [0.2, 0.25) is 0 Å². The van der Waals surface area contributed by atoms with Crippen molar-refractivity contribution in [3.63, 3.8) is 0 Å². The third-order valence-electron chi connectivity index (χ3n) is 1.91. The van der Waals surface area contributed by atoms with Crippen molar-refractivity contribution in [3.05, 3.63) is 30.7 Å². The molecule has 0 aliphatic carbocycles. The van der Waals surface area contributed by atoms with E-state index in [-0.39, 0.29) is 6.61 Å². The molecule has 0 atom stereocenters. The fourth-order valence-electron chi connectivity index (χ4n) is 1.13. The molecule has 1 aromatic heterocycles. The standard InChI is InChI=1S/C10H15N3O/c1-3-5-13(4-2)10-7-11-9(8-14)6-12-10/h3,6-7,14H,1,4-5,8H2,2H3. The molecule has 4 nitrogen and oxygen atoms in total. The zero-order valence-corrected chi connectivity index (χ0v) is 8.35. The molecule has 1 rings (SSSR count). The first-order valence-corrected chi connectivity index (χ1v) is 4.59. The van der Waals surface area contributed by atoms with Gasteiger partial charge in [0.15, 0.2) is 0 Å². The molecule has 0 radical (unpaired) electrons. The Bertz CT molecular complexity index is 284. The van der Waals surface area contributed by atoms with E-state index in [0.717, 1.165) is 18.9 Å². The van der Waals surface area contributed by atoms with Gasteiger partial charge in [0.05, 0.1) is 24.7 Å². The molecule has 0 saturated heterocycles. The van der Waals surface area contributed by atoms with Gasteiger partial charge in [-0.1, -0.05) is 6.08 Å². The Morgan fingerprint density at radius 2 is 2.29 bits per heavy atom. The predicted molar refractivity (Wildman–Crippen MR) is 56.0 cm³/mol. The van der Waals surface area contributed by atoms with Gasteiger partial charge in [0.25, 0.3) is 0 Å². The summed E-state index contributed by atoms with van der Waals surface area (Å²) in [5, 5.41) is 8.80. The van der Waals surface area contributed by atoms with Crippen LogP contribution in [0.4, 0.5) is 5.82 Å². The van der Waals surface area contributed by atoms with Crippen molar-refractivity contribution >= 4 is 5.82 Å². The summed E-state index contributed by atoms with van der Waals surface area (Å²) < 4.78 is 0. The largest absolute Gasteiger partial charge is 0.390 e. The Hall–Kier alpha value is -1.42. The maximum absolute atomic E-state index is 8.80. The highest BCUT2D eigenvalue weighted by atomic mass is 16.3. The number of hydrogen-bond donors (Lipinski definition) is 1. The van der Waals surface area contributed by atoms with Crippen LogP contribution in [0.1, 0.15) is 12.6 Å². The molecule has 0 amide bonds. The Kier molecular flexibility index (Phi) is 4.07. The Balaban J connectivity index is 2.77. The average Bonchev–Trinajstić information content (AvgIpc) is 2.26. The summed E-state index contributed by atoms with van der Waals surface area (Å²) in [6.07, 6.45) is 5.07. The lowest BCUT2D eigenvalue weighted by Gasteiger charge is -2.19. The van der Waals surface area contributed by atoms with Crippen molar-refractivity contribution in [1.82, 2.24) is 9.97 Å². The van der Waals surface area contributed by atoms with Crippen molar-refractivity contribution in [2.45, 2.75) is 13.5 Å². The third-order valence-corrected chi connectivity index (χ3v) is 1.91. The molecule has 4 heteroatoms. The molecule has 14 heavy (non-hydrogen) atoms. The van der Waals surface area contributed by atoms with Gasteiger partial charge in [-0.05, 0) is 6.92 Å². The summed E-state index contributed by atoms with van der Waals surface area (Å²) in [4.78, 5) is 10.3. The van der Waals surface area contributed by atoms with Crippen LogP contribution in [0.3, 0.4) is 0 Å². The molecular formula is C10H15N3O. The third kappa shape index (κ3) is 2.53. The fraction of sp³-hybridized carbons (Fsp3) is 0.400. The molecule has 0 bridgehead atoms. The molecule has 0 saturated carbocycles. The molecule has 0 fully saturated rings. The number of aromatic nitrogens is 2. The lowest BCUT2D eigenvalue weighted by atomic mass is 10.4. The molecule has 1 heterocycles. The number of aliphatic hydroxyl groups is 1. The van der Waals surface area contributed by atoms with Crippen molar-refractivity contribution in [2.75, 3.05) is 18.0 Å². The van der Waals surface area contributed by atoms with Crippen molar-refractivity contribution in [1.29, 1.82) is 0 Å². The Morgan fingerprint density at radius 3 is 2.71 bits per heavy atom. The van der Waals surface area contributed by atoms with Crippen molar-refractivity contribution in [3.8, 4) is 0 Å². The number of likely N-dealkylation sites (N-methyl/N-ethyl adjacent to an activating group) is 1. The number of anilines is 1. The smallest absolute Gasteiger partial charge is 0.147 e. The second kappa shape index (κ2) is 5.34. The highest BCUT2D eigenvalue weighted by Crippen LogP contribution is 2.08. The normalized spacial score (nSPS) is 9.86. The summed E-state index contributed by atoms with van der Waals surface area (Å²) >= 11 is 0. The number of aliphatic hydroxyl groups excluding tert-OH is 1. The van der Waals surface area contributed by atoms with E-state index in [9.17, 15) is 0 Å². The predicted octanol–water partition coefficient (Wildman–Crippen LogP) is 0.981. The van der Waals surface area contributed by atoms with Gasteiger partial charge in [-0.3, -0.25) is 4.98 Å². The van der Waals surface area contributed by atoms with Crippen LogP contribution in [0, 0.1) is 0 Å². The van der Waals surface area contributed by atoms with Gasteiger partial charge in [-0.15, -0.1) is 6.58 Å². The van der Waals surface area contributed by atoms with E-state index < -0.39 is 0 Å². The molecular weight excluding hydrogens is 178 g/mol. The second-order valence-electron chi connectivity index (χ2n) is 2.85. The van der Waals surface area contributed by atoms with Crippen LogP contribution in [0.25, 0.3) is 0 Å². The Labute approximate surface area is 83.9 Å². The van der Waals surface area contributed by atoms with Crippen LogP contribution < -0.4 is 4.90 Å². The van der Waals surface area contributed by atoms with Gasteiger partial charge >= 0.3 is 0 Å². The van der Waals surface area contributed by atoms with E-state index in [4.69, 9.17) is 5.11 Å². The monoisotopic (exact) mass is 193 g/mol. The molecule has 76 valence electrons. The number of hydrogen-bond acceptors (Lipinski definition) is 4. The fourth-order valence-corrected chi connectivity index (χ4v) is 1.13. The topological polar surface area (TPSA) is 49.2 Å². The molecule has 1 N–H and O–H groups in total. The molecule has 0 spiro atoms. The summed E-state index contributed by atoms with van der Waals surface area (Å²) in [5.41, 5.74) is 0.586. The number of rotatable bonds is 5. The Morgan fingerprint density at radius 1 is 1.50 bits per heavy atom. The lowest BCUT2D eigenvalue weighted by Crippen LogP contribution is -2.23. The maximum Gasteiger partial charge on any atom is 0.147 e. The van der Waals surface area contributed by atoms with Gasteiger partial charge < -0.3 is 10.0 Å². The molecule has 0 unspecified atom stereocenters. The summed E-state index contributed by atoms with van der Waals surface area (Å²) in [6.45, 7) is 7.27. The highest BCUT2D eigenvalue weighted by Gasteiger charge is 2.03. The maximum atomic E-state index is 8.80. The second-order valence-corrected chi connectivity index (χ2v) is 2.85. The summed E-state index contributed by atoms with van der Waals surface area (Å²) in [5.74, 6) is 0.810. The van der Waals surface area contributed by atoms with Crippen LogP contribution in [0.15, 0.2) is 25.0 Å². The summed E-state index contributed by atoms with van der Waals surface area (Å²) in [6, 6.07) is 0. The lowest BCUT2D eigenvalue weighted by molar-refractivity contribution is 0.276. The van der Waals surface area contributed by atoms with E-state index >= 15 is 0 Å². The first-order valence-electron chi connectivity index (χ1n) is 4.59. The van der Waals surface area contributed by atoms with Crippen LogP contribution in [-0.4, -0.2) is 28.2 Å². The molecule has 0 aliphatic heterocycles. The SMILES string of the molecule is C=CCN(CC)c1cnc(CO)cn1. The summed E-state index contributed by atoms with van der Waals surface area (Å²) in [7, 11) is 0. The van der Waals surface area contributed by atoms with Crippen LogP contribution in [0.2, 0.25) is 0 Å². The first kappa shape index (κ1) is 10.7. The molecule has 0 aliphatic rings. The van der Waals surface area contributed by atoms with Gasteiger partial charge in [-0.2, -0.15) is 0 Å². The van der Waals surface area contributed by atoms with Gasteiger partial charge in [-0.25, -0.2) is 4.98 Å². The zero-order chi connectivity index (χ0) is 10.4. The zero-order valence-electron chi connectivity index (χ0n) is 8.35. The minimum atomic E-state index is -0.0686. The average molecular weight is 193 g/mol. The van der Waals surface area contributed by atoms with E-state index in [2.05, 4.69) is 16.5 Å². The molecule has 0 aromatic carbocycles. The van der Waals surface area contributed by atoms with Crippen LogP contribution in [-0.2, 0) is 6.61 Å². The highest BCUT2D eigenvalue weighted by molar-refractivity contribution is 5.36. The van der Waals surface area contributed by atoms with Gasteiger partial charge in [0.1, 0.15) is 5.82 Å². The van der Waals surface area contributed by atoms with Crippen molar-refractivity contribution in [2.24, 2.45) is 0 Å². The van der Waals surface area contributed by atoms with E-state index in [0.29, 0.717) is 5.69 Å². The van der Waals surface area contributed by atoms with E-state index in [1.807, 2.05) is 17.9 Å². The van der Waals surface area contributed by atoms with Crippen molar-refractivity contribution < 1.29 is 5.11 Å². The minimum absolute atomic E-state index is 0.0686. The van der Waals surface area contributed by atoms with Gasteiger partial charge in [0, 0.05) is 13.1 Å².